The van der Waals surface area contributed by atoms with Crippen LogP contribution in [0.15, 0.2) is 24.3 Å². The van der Waals surface area contributed by atoms with E-state index in [4.69, 9.17) is 4.74 Å². The lowest BCUT2D eigenvalue weighted by Crippen LogP contribution is -2.37. The fraction of sp³-hybridized carbons (Fsp3) is 0.467. The molecule has 0 saturated carbocycles. The van der Waals surface area contributed by atoms with E-state index in [1.165, 1.54) is 11.3 Å². The smallest absolute Gasteiger partial charge is 0.274 e. The van der Waals surface area contributed by atoms with E-state index >= 15 is 0 Å². The number of aromatic nitrogens is 1. The Bertz CT molecular complexity index is 592. The maximum Gasteiger partial charge on any atom is 0.274 e. The summed E-state index contributed by atoms with van der Waals surface area (Å²) in [6.07, 6.45) is 1.08. The Morgan fingerprint density at radius 2 is 2.25 bits per heavy atom. The van der Waals surface area contributed by atoms with Crippen LogP contribution in [-0.4, -0.2) is 35.0 Å². The van der Waals surface area contributed by atoms with Gasteiger partial charge >= 0.3 is 0 Å². The molecule has 0 N–H and O–H groups in total. The number of fused-ring (bicyclic) bond motifs is 1. The molecule has 0 spiro atoms. The molecule has 1 aliphatic rings. The van der Waals surface area contributed by atoms with Gasteiger partial charge in [0.15, 0.2) is 6.61 Å². The second-order valence-electron chi connectivity index (χ2n) is 5.47. The van der Waals surface area contributed by atoms with Crippen LogP contribution in [0.4, 0.5) is 0 Å². The van der Waals surface area contributed by atoms with Gasteiger partial charge in [-0.1, -0.05) is 30.4 Å². The van der Waals surface area contributed by atoms with E-state index in [0.29, 0.717) is 17.2 Å². The molecular weight excluding hydrogens is 272 g/mol. The van der Waals surface area contributed by atoms with Gasteiger partial charge < -0.3 is 9.64 Å². The van der Waals surface area contributed by atoms with Crippen LogP contribution in [0.25, 0.3) is 10.2 Å². The van der Waals surface area contributed by atoms with Crippen LogP contribution < -0.4 is 4.74 Å². The third kappa shape index (κ3) is 2.63. The Kier molecular flexibility index (Phi) is 3.61. The Hall–Kier alpha value is -1.62. The molecule has 1 amide bonds. The van der Waals surface area contributed by atoms with Crippen LogP contribution in [-0.2, 0) is 4.79 Å². The lowest BCUT2D eigenvalue weighted by Gasteiger charge is -2.20. The van der Waals surface area contributed by atoms with Crippen molar-refractivity contribution in [2.75, 3.05) is 13.2 Å². The molecule has 4 nitrogen and oxygen atoms in total. The highest BCUT2D eigenvalue weighted by molar-refractivity contribution is 7.20. The SMILES string of the molecule is CC1CC(C)N(C(=O)COc2nc3ccccc3s2)C1. The van der Waals surface area contributed by atoms with Gasteiger partial charge in [-0.2, -0.15) is 0 Å². The molecule has 1 aromatic carbocycles. The minimum absolute atomic E-state index is 0.0566. The number of thiazole rings is 1. The van der Waals surface area contributed by atoms with Gasteiger partial charge in [-0.15, -0.1) is 0 Å². The number of benzene rings is 1. The number of likely N-dealkylation sites (tertiary alicyclic amines) is 1. The third-order valence-corrected chi connectivity index (χ3v) is 4.65. The highest BCUT2D eigenvalue weighted by Crippen LogP contribution is 2.27. The molecule has 1 saturated heterocycles. The molecule has 2 heterocycles. The molecule has 1 aliphatic heterocycles. The topological polar surface area (TPSA) is 42.4 Å². The number of ether oxygens (including phenoxy) is 1. The number of nitrogens with zero attached hydrogens (tertiary/aromatic N) is 2. The first-order valence-electron chi connectivity index (χ1n) is 6.91. The first kappa shape index (κ1) is 13.4. The minimum Gasteiger partial charge on any atom is -0.460 e. The van der Waals surface area contributed by atoms with E-state index < -0.39 is 0 Å². The van der Waals surface area contributed by atoms with Crippen LogP contribution in [0.1, 0.15) is 20.3 Å². The summed E-state index contributed by atoms with van der Waals surface area (Å²) in [5, 5.41) is 0.569. The molecule has 2 atom stereocenters. The zero-order valence-electron chi connectivity index (χ0n) is 11.7. The van der Waals surface area contributed by atoms with Crippen molar-refractivity contribution in [2.45, 2.75) is 26.3 Å². The molecule has 0 radical (unpaired) electrons. The van der Waals surface area contributed by atoms with Gasteiger partial charge in [0.25, 0.3) is 11.1 Å². The van der Waals surface area contributed by atoms with Gasteiger partial charge in [-0.3, -0.25) is 4.79 Å². The highest BCUT2D eigenvalue weighted by atomic mass is 32.1. The van der Waals surface area contributed by atoms with Gasteiger partial charge in [-0.25, -0.2) is 4.98 Å². The Morgan fingerprint density at radius 1 is 1.45 bits per heavy atom. The van der Waals surface area contributed by atoms with Crippen molar-refractivity contribution in [3.8, 4) is 5.19 Å². The molecule has 106 valence electrons. The second kappa shape index (κ2) is 5.40. The first-order chi connectivity index (χ1) is 9.63. The fourth-order valence-electron chi connectivity index (χ4n) is 2.77. The molecule has 0 bridgehead atoms. The number of hydrogen-bond acceptors (Lipinski definition) is 4. The summed E-state index contributed by atoms with van der Waals surface area (Å²) in [7, 11) is 0. The van der Waals surface area contributed by atoms with Crippen molar-refractivity contribution >= 4 is 27.5 Å². The Labute approximate surface area is 122 Å². The molecule has 1 fully saturated rings. The van der Waals surface area contributed by atoms with Crippen LogP contribution >= 0.6 is 11.3 Å². The number of para-hydroxylation sites is 1. The maximum atomic E-state index is 12.2. The van der Waals surface area contributed by atoms with Crippen molar-refractivity contribution in [1.82, 2.24) is 9.88 Å². The summed E-state index contributed by atoms with van der Waals surface area (Å²) in [4.78, 5) is 18.5. The van der Waals surface area contributed by atoms with Crippen molar-refractivity contribution in [3.05, 3.63) is 24.3 Å². The number of carbonyl (C=O) groups is 1. The lowest BCUT2D eigenvalue weighted by molar-refractivity contribution is -0.134. The number of hydrogen-bond donors (Lipinski definition) is 0. The van der Waals surface area contributed by atoms with Crippen molar-refractivity contribution < 1.29 is 9.53 Å². The summed E-state index contributed by atoms with van der Waals surface area (Å²) in [6.45, 7) is 5.19. The monoisotopic (exact) mass is 290 g/mol. The number of carbonyl (C=O) groups excluding carboxylic acids is 1. The average Bonchev–Trinajstić information content (AvgIpc) is 2.98. The third-order valence-electron chi connectivity index (χ3n) is 3.70. The molecule has 5 heteroatoms. The van der Waals surface area contributed by atoms with E-state index in [0.717, 1.165) is 23.2 Å². The zero-order chi connectivity index (χ0) is 14.1. The van der Waals surface area contributed by atoms with Crippen LogP contribution in [0.2, 0.25) is 0 Å². The molecule has 2 aromatic rings. The van der Waals surface area contributed by atoms with Crippen molar-refractivity contribution in [2.24, 2.45) is 5.92 Å². The number of rotatable bonds is 3. The zero-order valence-corrected chi connectivity index (χ0v) is 12.5. The van der Waals surface area contributed by atoms with Crippen LogP contribution in [0.5, 0.6) is 5.19 Å². The van der Waals surface area contributed by atoms with Crippen LogP contribution in [0.3, 0.4) is 0 Å². The molecule has 20 heavy (non-hydrogen) atoms. The van der Waals surface area contributed by atoms with E-state index in [9.17, 15) is 4.79 Å². The number of amides is 1. The quantitative estimate of drug-likeness (QED) is 0.873. The summed E-state index contributed by atoms with van der Waals surface area (Å²) >= 11 is 1.48. The molecule has 0 aliphatic carbocycles. The van der Waals surface area contributed by atoms with Gasteiger partial charge in [0.1, 0.15) is 0 Å². The Balaban J connectivity index is 1.63. The fourth-order valence-corrected chi connectivity index (χ4v) is 3.58. The van der Waals surface area contributed by atoms with E-state index in [2.05, 4.69) is 18.8 Å². The van der Waals surface area contributed by atoms with Crippen molar-refractivity contribution in [3.63, 3.8) is 0 Å². The van der Waals surface area contributed by atoms with Gasteiger partial charge in [0, 0.05) is 12.6 Å². The highest BCUT2D eigenvalue weighted by Gasteiger charge is 2.30. The summed E-state index contributed by atoms with van der Waals surface area (Å²) < 4.78 is 6.65. The summed E-state index contributed by atoms with van der Waals surface area (Å²) in [5.41, 5.74) is 0.920. The summed E-state index contributed by atoms with van der Waals surface area (Å²) in [6, 6.07) is 8.19. The average molecular weight is 290 g/mol. The van der Waals surface area contributed by atoms with Gasteiger partial charge in [0.2, 0.25) is 0 Å². The van der Waals surface area contributed by atoms with Gasteiger partial charge in [0.05, 0.1) is 10.2 Å². The van der Waals surface area contributed by atoms with Gasteiger partial charge in [-0.05, 0) is 31.4 Å². The Morgan fingerprint density at radius 3 is 2.95 bits per heavy atom. The second-order valence-corrected chi connectivity index (χ2v) is 6.47. The van der Waals surface area contributed by atoms with E-state index in [1.54, 1.807) is 0 Å². The molecular formula is C15H18N2O2S. The first-order valence-corrected chi connectivity index (χ1v) is 7.73. The maximum absolute atomic E-state index is 12.2. The normalized spacial score (nSPS) is 22.4. The van der Waals surface area contributed by atoms with Crippen LogP contribution in [0, 0.1) is 5.92 Å². The molecule has 2 unspecified atom stereocenters. The minimum atomic E-state index is 0.0566. The molecule has 1 aromatic heterocycles. The van der Waals surface area contributed by atoms with E-state index in [-0.39, 0.29) is 12.5 Å². The predicted octanol–water partition coefficient (Wildman–Crippen LogP) is 2.93. The van der Waals surface area contributed by atoms with E-state index in [1.807, 2.05) is 29.2 Å². The summed E-state index contributed by atoms with van der Waals surface area (Å²) in [5.74, 6) is 0.637. The largest absolute Gasteiger partial charge is 0.460 e. The van der Waals surface area contributed by atoms with Crippen molar-refractivity contribution in [1.29, 1.82) is 0 Å². The standard InChI is InChI=1S/C15H18N2O2S/c1-10-7-11(2)17(8-10)14(18)9-19-15-16-12-5-3-4-6-13(12)20-15/h3-6,10-11H,7-9H2,1-2H3. The lowest BCUT2D eigenvalue weighted by atomic mass is 10.1. The predicted molar refractivity (Wildman–Crippen MR) is 80.1 cm³/mol. The molecule has 3 rings (SSSR count).